The van der Waals surface area contributed by atoms with Crippen molar-refractivity contribution in [3.8, 4) is 5.75 Å². The topological polar surface area (TPSA) is 47.4 Å². The van der Waals surface area contributed by atoms with Gasteiger partial charge in [-0.1, -0.05) is 6.92 Å². The van der Waals surface area contributed by atoms with Crippen molar-refractivity contribution in [1.82, 2.24) is 14.7 Å². The second-order valence-electron chi connectivity index (χ2n) is 6.80. The Kier molecular flexibility index (Phi) is 4.85. The third-order valence-electron chi connectivity index (χ3n) is 5.28. The first-order valence-corrected chi connectivity index (χ1v) is 9.15. The quantitative estimate of drug-likeness (QED) is 0.790. The molecule has 1 aliphatic carbocycles. The molecule has 0 unspecified atom stereocenters. The SMILES string of the molecule is COc1cc2nn([C@H]3CC[C@@H](N(C)C(C)=O)C[C@H]3C)cc2cc1Br. The molecule has 2 aromatic rings. The minimum absolute atomic E-state index is 0.146. The van der Waals surface area contributed by atoms with Crippen LogP contribution in [0, 0.1) is 5.92 Å². The molecule has 0 radical (unpaired) electrons. The summed E-state index contributed by atoms with van der Waals surface area (Å²) in [6.07, 6.45) is 5.20. The van der Waals surface area contributed by atoms with Gasteiger partial charge in [0.2, 0.25) is 5.91 Å². The summed E-state index contributed by atoms with van der Waals surface area (Å²) in [5.74, 6) is 1.42. The van der Waals surface area contributed by atoms with Crippen molar-refractivity contribution in [3.05, 3.63) is 22.8 Å². The molecule has 1 aromatic heterocycles. The lowest BCUT2D eigenvalue weighted by Crippen LogP contribution is -2.41. The van der Waals surface area contributed by atoms with E-state index in [0.717, 1.165) is 40.4 Å². The molecule has 1 heterocycles. The summed E-state index contributed by atoms with van der Waals surface area (Å²) in [6, 6.07) is 4.74. The van der Waals surface area contributed by atoms with Gasteiger partial charge in [-0.05, 0) is 47.2 Å². The number of benzene rings is 1. The van der Waals surface area contributed by atoms with Crippen LogP contribution in [0.3, 0.4) is 0 Å². The van der Waals surface area contributed by atoms with Crippen molar-refractivity contribution >= 4 is 32.7 Å². The highest BCUT2D eigenvalue weighted by molar-refractivity contribution is 9.10. The van der Waals surface area contributed by atoms with Gasteiger partial charge in [0.25, 0.3) is 0 Å². The van der Waals surface area contributed by atoms with Gasteiger partial charge in [0, 0.05) is 37.7 Å². The van der Waals surface area contributed by atoms with Crippen molar-refractivity contribution < 1.29 is 9.53 Å². The average Bonchev–Trinajstić information content (AvgIpc) is 2.95. The Labute approximate surface area is 151 Å². The average molecular weight is 394 g/mol. The number of aromatic nitrogens is 2. The van der Waals surface area contributed by atoms with Crippen LogP contribution in [0.25, 0.3) is 10.9 Å². The van der Waals surface area contributed by atoms with E-state index in [4.69, 9.17) is 9.84 Å². The molecule has 0 spiro atoms. The van der Waals surface area contributed by atoms with Crippen LogP contribution in [0.15, 0.2) is 22.8 Å². The number of ether oxygens (including phenoxy) is 1. The van der Waals surface area contributed by atoms with E-state index >= 15 is 0 Å². The van der Waals surface area contributed by atoms with Crippen molar-refractivity contribution in [2.24, 2.45) is 5.92 Å². The molecule has 0 bridgehead atoms. The number of amides is 1. The zero-order valence-electron chi connectivity index (χ0n) is 14.6. The first-order valence-electron chi connectivity index (χ1n) is 8.36. The number of nitrogens with zero attached hydrogens (tertiary/aromatic N) is 3. The third-order valence-corrected chi connectivity index (χ3v) is 5.90. The first kappa shape index (κ1) is 17.3. The largest absolute Gasteiger partial charge is 0.495 e. The van der Waals surface area contributed by atoms with Gasteiger partial charge in [-0.3, -0.25) is 9.48 Å². The van der Waals surface area contributed by atoms with Crippen LogP contribution in [0.2, 0.25) is 0 Å². The predicted octanol–water partition coefficient (Wildman–Crippen LogP) is 4.02. The van der Waals surface area contributed by atoms with Gasteiger partial charge in [0.15, 0.2) is 0 Å². The highest BCUT2D eigenvalue weighted by Crippen LogP contribution is 2.37. The molecule has 1 aromatic carbocycles. The van der Waals surface area contributed by atoms with Gasteiger partial charge in [-0.15, -0.1) is 0 Å². The molecule has 0 aliphatic heterocycles. The van der Waals surface area contributed by atoms with E-state index in [9.17, 15) is 4.79 Å². The summed E-state index contributed by atoms with van der Waals surface area (Å²) < 4.78 is 8.40. The molecule has 24 heavy (non-hydrogen) atoms. The number of methoxy groups -OCH3 is 1. The molecule has 130 valence electrons. The Hall–Kier alpha value is -1.56. The number of carbonyl (C=O) groups excluding carboxylic acids is 1. The molecule has 3 atom stereocenters. The van der Waals surface area contributed by atoms with E-state index in [1.165, 1.54) is 0 Å². The number of carbonyl (C=O) groups is 1. The van der Waals surface area contributed by atoms with E-state index < -0.39 is 0 Å². The van der Waals surface area contributed by atoms with Gasteiger partial charge in [0.1, 0.15) is 5.75 Å². The highest BCUT2D eigenvalue weighted by atomic mass is 79.9. The van der Waals surface area contributed by atoms with Gasteiger partial charge >= 0.3 is 0 Å². The molecule has 1 amide bonds. The van der Waals surface area contributed by atoms with Crippen molar-refractivity contribution in [1.29, 1.82) is 0 Å². The van der Waals surface area contributed by atoms with Crippen molar-refractivity contribution in [3.63, 3.8) is 0 Å². The fourth-order valence-electron chi connectivity index (χ4n) is 3.72. The Morgan fingerprint density at radius 3 is 2.79 bits per heavy atom. The molecule has 3 rings (SSSR count). The van der Waals surface area contributed by atoms with Gasteiger partial charge in [-0.2, -0.15) is 5.10 Å². The summed E-state index contributed by atoms with van der Waals surface area (Å²) in [5.41, 5.74) is 0.949. The van der Waals surface area contributed by atoms with Gasteiger partial charge < -0.3 is 9.64 Å². The maximum Gasteiger partial charge on any atom is 0.219 e. The van der Waals surface area contributed by atoms with E-state index in [0.29, 0.717) is 18.0 Å². The van der Waals surface area contributed by atoms with Crippen molar-refractivity contribution in [2.75, 3.05) is 14.2 Å². The summed E-state index contributed by atoms with van der Waals surface area (Å²) >= 11 is 3.53. The summed E-state index contributed by atoms with van der Waals surface area (Å²) in [5, 5.41) is 5.89. The molecular weight excluding hydrogens is 370 g/mol. The lowest BCUT2D eigenvalue weighted by Gasteiger charge is -2.38. The van der Waals surface area contributed by atoms with Crippen LogP contribution < -0.4 is 4.74 Å². The lowest BCUT2D eigenvalue weighted by atomic mass is 9.82. The van der Waals surface area contributed by atoms with Crippen LogP contribution in [0.5, 0.6) is 5.75 Å². The number of rotatable bonds is 3. The Morgan fingerprint density at radius 2 is 2.17 bits per heavy atom. The zero-order valence-corrected chi connectivity index (χ0v) is 16.2. The number of halogens is 1. The Bertz CT molecular complexity index is 758. The first-order chi connectivity index (χ1) is 11.4. The minimum atomic E-state index is 0.146. The second-order valence-corrected chi connectivity index (χ2v) is 7.65. The van der Waals surface area contributed by atoms with Crippen LogP contribution in [-0.4, -0.2) is 40.8 Å². The molecule has 5 nitrogen and oxygen atoms in total. The van der Waals surface area contributed by atoms with Gasteiger partial charge in [0.05, 0.1) is 23.1 Å². The number of hydrogen-bond acceptors (Lipinski definition) is 3. The summed E-state index contributed by atoms with van der Waals surface area (Å²) in [7, 11) is 3.57. The van der Waals surface area contributed by atoms with Gasteiger partial charge in [-0.25, -0.2) is 0 Å². The smallest absolute Gasteiger partial charge is 0.219 e. The highest BCUT2D eigenvalue weighted by Gasteiger charge is 2.32. The normalized spacial score (nSPS) is 24.1. The molecule has 1 aliphatic rings. The maximum absolute atomic E-state index is 11.6. The van der Waals surface area contributed by atoms with Crippen LogP contribution in [-0.2, 0) is 4.79 Å². The van der Waals surface area contributed by atoms with Crippen LogP contribution in [0.4, 0.5) is 0 Å². The fourth-order valence-corrected chi connectivity index (χ4v) is 4.25. The molecule has 0 saturated heterocycles. The molecule has 1 saturated carbocycles. The van der Waals surface area contributed by atoms with Crippen molar-refractivity contribution in [2.45, 2.75) is 45.2 Å². The number of hydrogen-bond donors (Lipinski definition) is 0. The number of fused-ring (bicyclic) bond motifs is 1. The standard InChI is InChI=1S/C18H24BrN3O2/c1-11-7-14(21(3)12(2)23)5-6-17(11)22-10-13-8-15(19)18(24-4)9-16(13)20-22/h8-11,14,17H,5-7H2,1-4H3/t11-,14-,17+/m1/s1. The zero-order chi connectivity index (χ0) is 17.4. The molecule has 6 heteroatoms. The monoisotopic (exact) mass is 393 g/mol. The van der Waals surface area contributed by atoms with E-state index in [1.54, 1.807) is 14.0 Å². The summed E-state index contributed by atoms with van der Waals surface area (Å²) in [4.78, 5) is 13.5. The minimum Gasteiger partial charge on any atom is -0.495 e. The van der Waals surface area contributed by atoms with E-state index in [1.807, 2.05) is 18.0 Å². The van der Waals surface area contributed by atoms with E-state index in [-0.39, 0.29) is 5.91 Å². The molecule has 0 N–H and O–H groups in total. The molecular formula is C18H24BrN3O2. The fraction of sp³-hybridized carbons (Fsp3) is 0.556. The molecule has 1 fully saturated rings. The Morgan fingerprint density at radius 1 is 1.42 bits per heavy atom. The van der Waals surface area contributed by atoms with E-state index in [2.05, 4.69) is 39.8 Å². The predicted molar refractivity (Wildman–Crippen MR) is 98.3 cm³/mol. The Balaban J connectivity index is 1.82. The van der Waals surface area contributed by atoms with Crippen LogP contribution in [0.1, 0.15) is 39.2 Å². The van der Waals surface area contributed by atoms with Crippen LogP contribution >= 0.6 is 15.9 Å². The lowest BCUT2D eigenvalue weighted by molar-refractivity contribution is -0.130. The second kappa shape index (κ2) is 6.75. The summed E-state index contributed by atoms with van der Waals surface area (Å²) in [6.45, 7) is 3.90. The maximum atomic E-state index is 11.6. The third kappa shape index (κ3) is 3.16.